The van der Waals surface area contributed by atoms with E-state index in [2.05, 4.69) is 62.3 Å². The van der Waals surface area contributed by atoms with E-state index in [9.17, 15) is 0 Å². The van der Waals surface area contributed by atoms with Gasteiger partial charge in [0.1, 0.15) is 5.75 Å². The van der Waals surface area contributed by atoms with E-state index in [1.54, 1.807) is 0 Å². The summed E-state index contributed by atoms with van der Waals surface area (Å²) >= 11 is 0. The number of ether oxygens (including phenoxy) is 1. The van der Waals surface area contributed by atoms with Crippen molar-refractivity contribution in [3.05, 3.63) is 29.8 Å². The van der Waals surface area contributed by atoms with Crippen molar-refractivity contribution in [3.8, 4) is 5.75 Å². The van der Waals surface area contributed by atoms with Gasteiger partial charge in [-0.1, -0.05) is 19.1 Å². The molecule has 1 aromatic carbocycles. The first-order valence-corrected chi connectivity index (χ1v) is 8.29. The Balaban J connectivity index is 1.86. The van der Waals surface area contributed by atoms with Crippen molar-refractivity contribution in [3.63, 3.8) is 0 Å². The van der Waals surface area contributed by atoms with Gasteiger partial charge in [-0.25, -0.2) is 0 Å². The maximum atomic E-state index is 5.64. The van der Waals surface area contributed by atoms with Crippen LogP contribution in [0.1, 0.15) is 51.6 Å². The molecule has 0 saturated carbocycles. The lowest BCUT2D eigenvalue weighted by molar-refractivity contribution is 0.163. The van der Waals surface area contributed by atoms with Crippen LogP contribution in [0, 0.1) is 0 Å². The SMILES string of the molecule is CCCOc1ccc(C(C)NC2CCN(C)C(C)C2)cc1. The number of rotatable bonds is 6. The van der Waals surface area contributed by atoms with E-state index in [1.165, 1.54) is 24.9 Å². The molecule has 3 heteroatoms. The van der Waals surface area contributed by atoms with Crippen LogP contribution in [-0.4, -0.2) is 37.2 Å². The molecule has 1 saturated heterocycles. The molecule has 2 rings (SSSR count). The summed E-state index contributed by atoms with van der Waals surface area (Å²) in [6.07, 6.45) is 3.52. The Labute approximate surface area is 129 Å². The first-order chi connectivity index (χ1) is 10.1. The largest absolute Gasteiger partial charge is 0.494 e. The smallest absolute Gasteiger partial charge is 0.119 e. The summed E-state index contributed by atoms with van der Waals surface area (Å²) in [5, 5.41) is 3.78. The van der Waals surface area contributed by atoms with Gasteiger partial charge in [0.25, 0.3) is 0 Å². The Bertz CT molecular complexity index is 418. The van der Waals surface area contributed by atoms with Crippen molar-refractivity contribution >= 4 is 0 Å². The van der Waals surface area contributed by atoms with Crippen LogP contribution >= 0.6 is 0 Å². The van der Waals surface area contributed by atoms with Gasteiger partial charge < -0.3 is 15.0 Å². The van der Waals surface area contributed by atoms with E-state index in [-0.39, 0.29) is 0 Å². The Morgan fingerprint density at radius 2 is 2.05 bits per heavy atom. The summed E-state index contributed by atoms with van der Waals surface area (Å²) in [4.78, 5) is 2.45. The van der Waals surface area contributed by atoms with E-state index in [0.717, 1.165) is 18.8 Å². The zero-order chi connectivity index (χ0) is 15.2. The maximum Gasteiger partial charge on any atom is 0.119 e. The quantitative estimate of drug-likeness (QED) is 0.866. The van der Waals surface area contributed by atoms with Crippen molar-refractivity contribution in [2.24, 2.45) is 0 Å². The number of hydrogen-bond donors (Lipinski definition) is 1. The average molecular weight is 290 g/mol. The Kier molecular flexibility index (Phi) is 6.07. The first-order valence-electron chi connectivity index (χ1n) is 8.29. The molecule has 21 heavy (non-hydrogen) atoms. The fourth-order valence-electron chi connectivity index (χ4n) is 2.96. The minimum absolute atomic E-state index is 0.394. The first kappa shape index (κ1) is 16.3. The molecule has 3 nitrogen and oxygen atoms in total. The third-order valence-electron chi connectivity index (χ3n) is 4.55. The number of nitrogens with zero attached hydrogens (tertiary/aromatic N) is 1. The second-order valence-corrected chi connectivity index (χ2v) is 6.36. The standard InChI is InChI=1S/C18H30N2O/c1-5-12-21-18-8-6-16(7-9-18)15(3)19-17-10-11-20(4)14(2)13-17/h6-9,14-15,17,19H,5,10-13H2,1-4H3. The van der Waals surface area contributed by atoms with Crippen molar-refractivity contribution in [1.29, 1.82) is 0 Å². The molecule has 1 heterocycles. The molecule has 3 atom stereocenters. The van der Waals surface area contributed by atoms with Crippen LogP contribution in [0.25, 0.3) is 0 Å². The van der Waals surface area contributed by atoms with Crippen LogP contribution in [0.4, 0.5) is 0 Å². The zero-order valence-electron chi connectivity index (χ0n) is 13.9. The lowest BCUT2D eigenvalue weighted by atomic mass is 9.97. The van der Waals surface area contributed by atoms with E-state index in [0.29, 0.717) is 18.1 Å². The van der Waals surface area contributed by atoms with Gasteiger partial charge in [0.15, 0.2) is 0 Å². The highest BCUT2D eigenvalue weighted by atomic mass is 16.5. The fraction of sp³-hybridized carbons (Fsp3) is 0.667. The molecule has 1 aliphatic rings. The summed E-state index contributed by atoms with van der Waals surface area (Å²) in [5.41, 5.74) is 1.34. The molecule has 1 fully saturated rings. The van der Waals surface area contributed by atoms with Gasteiger partial charge in [-0.15, -0.1) is 0 Å². The zero-order valence-corrected chi connectivity index (χ0v) is 13.9. The van der Waals surface area contributed by atoms with Gasteiger partial charge in [0, 0.05) is 18.1 Å². The van der Waals surface area contributed by atoms with Gasteiger partial charge in [-0.05, 0) is 64.4 Å². The number of piperidine rings is 1. The second-order valence-electron chi connectivity index (χ2n) is 6.36. The number of hydrogen-bond acceptors (Lipinski definition) is 3. The molecule has 0 radical (unpaired) electrons. The Hall–Kier alpha value is -1.06. The summed E-state index contributed by atoms with van der Waals surface area (Å²) in [6, 6.07) is 10.2. The fourth-order valence-corrected chi connectivity index (χ4v) is 2.96. The molecule has 0 aliphatic carbocycles. The van der Waals surface area contributed by atoms with Crippen LogP contribution in [0.15, 0.2) is 24.3 Å². The van der Waals surface area contributed by atoms with Crippen LogP contribution in [0.3, 0.4) is 0 Å². The maximum absolute atomic E-state index is 5.64. The molecule has 118 valence electrons. The highest BCUT2D eigenvalue weighted by molar-refractivity contribution is 5.29. The number of nitrogens with one attached hydrogen (secondary N) is 1. The Morgan fingerprint density at radius 1 is 1.33 bits per heavy atom. The highest BCUT2D eigenvalue weighted by Crippen LogP contribution is 2.21. The molecule has 1 aromatic rings. The lowest BCUT2D eigenvalue weighted by Gasteiger charge is -2.36. The van der Waals surface area contributed by atoms with Gasteiger partial charge >= 0.3 is 0 Å². The van der Waals surface area contributed by atoms with Gasteiger partial charge in [0.2, 0.25) is 0 Å². The van der Waals surface area contributed by atoms with E-state index in [4.69, 9.17) is 4.74 Å². The predicted octanol–water partition coefficient (Wildman–Crippen LogP) is 3.61. The van der Waals surface area contributed by atoms with Crippen LogP contribution in [0.2, 0.25) is 0 Å². The van der Waals surface area contributed by atoms with Crippen molar-refractivity contribution in [1.82, 2.24) is 10.2 Å². The normalized spacial score (nSPS) is 24.8. The van der Waals surface area contributed by atoms with Gasteiger partial charge in [-0.2, -0.15) is 0 Å². The van der Waals surface area contributed by atoms with Crippen molar-refractivity contribution in [2.45, 2.75) is 58.2 Å². The minimum atomic E-state index is 0.394. The third-order valence-corrected chi connectivity index (χ3v) is 4.55. The average Bonchev–Trinajstić information content (AvgIpc) is 2.49. The van der Waals surface area contributed by atoms with Crippen molar-refractivity contribution in [2.75, 3.05) is 20.2 Å². The molecule has 0 bridgehead atoms. The Morgan fingerprint density at radius 3 is 2.67 bits per heavy atom. The molecule has 1 N–H and O–H groups in total. The molecule has 0 spiro atoms. The van der Waals surface area contributed by atoms with E-state index in [1.807, 2.05) is 0 Å². The van der Waals surface area contributed by atoms with Gasteiger partial charge in [-0.3, -0.25) is 0 Å². The summed E-state index contributed by atoms with van der Waals surface area (Å²) < 4.78 is 5.64. The van der Waals surface area contributed by atoms with Crippen LogP contribution in [0.5, 0.6) is 5.75 Å². The highest BCUT2D eigenvalue weighted by Gasteiger charge is 2.23. The minimum Gasteiger partial charge on any atom is -0.494 e. The van der Waals surface area contributed by atoms with Gasteiger partial charge in [0.05, 0.1) is 6.61 Å². The van der Waals surface area contributed by atoms with Crippen LogP contribution in [-0.2, 0) is 0 Å². The summed E-state index contributed by atoms with van der Waals surface area (Å²) in [5.74, 6) is 0.973. The summed E-state index contributed by atoms with van der Waals surface area (Å²) in [6.45, 7) is 8.68. The van der Waals surface area contributed by atoms with Crippen LogP contribution < -0.4 is 10.1 Å². The number of likely N-dealkylation sites (tertiary alicyclic amines) is 1. The lowest BCUT2D eigenvalue weighted by Crippen LogP contribution is -2.46. The topological polar surface area (TPSA) is 24.5 Å². The molecular formula is C18H30N2O. The predicted molar refractivity (Wildman–Crippen MR) is 88.9 cm³/mol. The summed E-state index contributed by atoms with van der Waals surface area (Å²) in [7, 11) is 2.22. The molecule has 1 aliphatic heterocycles. The van der Waals surface area contributed by atoms with E-state index >= 15 is 0 Å². The van der Waals surface area contributed by atoms with Crippen molar-refractivity contribution < 1.29 is 4.74 Å². The third kappa shape index (κ3) is 4.72. The van der Waals surface area contributed by atoms with E-state index < -0.39 is 0 Å². The molecule has 0 aromatic heterocycles. The molecular weight excluding hydrogens is 260 g/mol. The molecule has 0 amide bonds. The number of benzene rings is 1. The molecule has 3 unspecified atom stereocenters. The monoisotopic (exact) mass is 290 g/mol. The second kappa shape index (κ2) is 7.81.